The first-order valence-corrected chi connectivity index (χ1v) is 7.93. The van der Waals surface area contributed by atoms with E-state index in [-0.39, 0.29) is 5.43 Å². The number of hydrogen-bond acceptors (Lipinski definition) is 2. The molecule has 1 aromatic carbocycles. The maximum atomic E-state index is 12.8. The number of pyridine rings is 1. The second-order valence-corrected chi connectivity index (χ2v) is 6.37. The second kappa shape index (κ2) is 5.64. The Bertz CT molecular complexity index is 717. The van der Waals surface area contributed by atoms with Crippen molar-refractivity contribution in [3.63, 3.8) is 0 Å². The van der Waals surface area contributed by atoms with Crippen molar-refractivity contribution < 1.29 is 0 Å². The highest BCUT2D eigenvalue weighted by Gasteiger charge is 2.21. The lowest BCUT2D eigenvalue weighted by atomic mass is 10.0. The van der Waals surface area contributed by atoms with Crippen LogP contribution in [0.15, 0.2) is 23.0 Å². The average Bonchev–Trinajstić information content (AvgIpc) is 2.46. The highest BCUT2D eigenvalue weighted by atomic mass is 16.1. The van der Waals surface area contributed by atoms with Crippen LogP contribution in [0, 0.1) is 13.8 Å². The maximum absolute atomic E-state index is 12.8. The Morgan fingerprint density at radius 3 is 2.86 bits per heavy atom. The lowest BCUT2D eigenvalue weighted by Gasteiger charge is -2.33. The van der Waals surface area contributed by atoms with E-state index in [1.807, 2.05) is 32.0 Å². The molecule has 2 aromatic rings. The van der Waals surface area contributed by atoms with Crippen LogP contribution in [0.3, 0.4) is 0 Å². The average molecular weight is 284 g/mol. The van der Waals surface area contributed by atoms with Gasteiger partial charge in [-0.05, 0) is 51.8 Å². The van der Waals surface area contributed by atoms with E-state index < -0.39 is 0 Å². The minimum atomic E-state index is 0.197. The Hall–Kier alpha value is -1.61. The van der Waals surface area contributed by atoms with Gasteiger partial charge in [0.15, 0.2) is 5.43 Å². The highest BCUT2D eigenvalue weighted by Crippen LogP contribution is 2.21. The standard InChI is InChI=1S/C18H24N2O/c1-12-7-6-9-15-17(12)19-14(3)16(18(15)21)11-20-10-5-4-8-13(20)2/h6-7,9,13H,4-5,8,10-11H2,1-3H3,(H,19,21)/t13-/m1/s1. The molecule has 3 heteroatoms. The second-order valence-electron chi connectivity index (χ2n) is 6.37. The van der Waals surface area contributed by atoms with E-state index in [2.05, 4.69) is 16.8 Å². The number of nitrogens with zero attached hydrogens (tertiary/aromatic N) is 1. The fourth-order valence-electron chi connectivity index (χ4n) is 3.40. The summed E-state index contributed by atoms with van der Waals surface area (Å²) < 4.78 is 0. The summed E-state index contributed by atoms with van der Waals surface area (Å²) in [4.78, 5) is 18.7. The molecule has 0 saturated carbocycles. The number of piperidine rings is 1. The van der Waals surface area contributed by atoms with E-state index >= 15 is 0 Å². The number of aromatic nitrogens is 1. The zero-order chi connectivity index (χ0) is 15.0. The van der Waals surface area contributed by atoms with E-state index in [1.165, 1.54) is 19.3 Å². The normalized spacial score (nSPS) is 20.0. The van der Waals surface area contributed by atoms with Gasteiger partial charge < -0.3 is 4.98 Å². The molecule has 1 fully saturated rings. The van der Waals surface area contributed by atoms with Crippen LogP contribution in [0.4, 0.5) is 0 Å². The van der Waals surface area contributed by atoms with E-state index in [4.69, 9.17) is 0 Å². The molecule has 1 aliphatic rings. The van der Waals surface area contributed by atoms with Crippen molar-refractivity contribution in [1.82, 2.24) is 9.88 Å². The molecule has 1 N–H and O–H groups in total. The van der Waals surface area contributed by atoms with Crippen LogP contribution in [0.5, 0.6) is 0 Å². The molecule has 0 spiro atoms. The van der Waals surface area contributed by atoms with Gasteiger partial charge in [-0.25, -0.2) is 0 Å². The Balaban J connectivity index is 2.04. The summed E-state index contributed by atoms with van der Waals surface area (Å²) in [6, 6.07) is 6.52. The lowest BCUT2D eigenvalue weighted by Crippen LogP contribution is -2.38. The summed E-state index contributed by atoms with van der Waals surface area (Å²) in [6.45, 7) is 8.22. The van der Waals surface area contributed by atoms with Gasteiger partial charge >= 0.3 is 0 Å². The van der Waals surface area contributed by atoms with Crippen LogP contribution in [0.25, 0.3) is 10.9 Å². The number of likely N-dealkylation sites (tertiary alicyclic amines) is 1. The van der Waals surface area contributed by atoms with Crippen LogP contribution in [0.1, 0.15) is 43.0 Å². The van der Waals surface area contributed by atoms with E-state index in [9.17, 15) is 4.79 Å². The van der Waals surface area contributed by atoms with Crippen molar-refractivity contribution in [1.29, 1.82) is 0 Å². The quantitative estimate of drug-likeness (QED) is 0.916. The van der Waals surface area contributed by atoms with Gasteiger partial charge in [-0.1, -0.05) is 18.6 Å². The zero-order valence-corrected chi connectivity index (χ0v) is 13.2. The number of aromatic amines is 1. The molecule has 2 heterocycles. The molecule has 1 aliphatic heterocycles. The first-order chi connectivity index (χ1) is 10.1. The Morgan fingerprint density at radius 2 is 2.10 bits per heavy atom. The molecule has 1 atom stereocenters. The van der Waals surface area contributed by atoms with Crippen molar-refractivity contribution in [2.75, 3.05) is 6.54 Å². The molecular weight excluding hydrogens is 260 g/mol. The maximum Gasteiger partial charge on any atom is 0.194 e. The van der Waals surface area contributed by atoms with Crippen molar-refractivity contribution >= 4 is 10.9 Å². The summed E-state index contributed by atoms with van der Waals surface area (Å²) in [5.74, 6) is 0. The summed E-state index contributed by atoms with van der Waals surface area (Å²) >= 11 is 0. The Morgan fingerprint density at radius 1 is 1.29 bits per heavy atom. The fourth-order valence-corrected chi connectivity index (χ4v) is 3.40. The van der Waals surface area contributed by atoms with Crippen LogP contribution >= 0.6 is 0 Å². The summed E-state index contributed by atoms with van der Waals surface area (Å²) in [5, 5.41) is 0.820. The van der Waals surface area contributed by atoms with Gasteiger partial charge in [0, 0.05) is 29.2 Å². The largest absolute Gasteiger partial charge is 0.358 e. The first kappa shape index (κ1) is 14.3. The third-order valence-corrected chi connectivity index (χ3v) is 4.86. The number of hydrogen-bond donors (Lipinski definition) is 1. The summed E-state index contributed by atoms with van der Waals surface area (Å²) in [7, 11) is 0. The van der Waals surface area contributed by atoms with Gasteiger partial charge in [0.1, 0.15) is 0 Å². The first-order valence-electron chi connectivity index (χ1n) is 7.93. The monoisotopic (exact) mass is 284 g/mol. The molecule has 21 heavy (non-hydrogen) atoms. The Kier molecular flexibility index (Phi) is 3.85. The molecule has 112 valence electrons. The lowest BCUT2D eigenvalue weighted by molar-refractivity contribution is 0.152. The zero-order valence-electron chi connectivity index (χ0n) is 13.2. The molecule has 3 rings (SSSR count). The third kappa shape index (κ3) is 2.62. The van der Waals surface area contributed by atoms with Gasteiger partial charge in [-0.2, -0.15) is 0 Å². The molecule has 0 unspecified atom stereocenters. The molecule has 0 amide bonds. The predicted octanol–water partition coefficient (Wildman–Crippen LogP) is 3.52. The highest BCUT2D eigenvalue weighted by molar-refractivity contribution is 5.82. The molecule has 3 nitrogen and oxygen atoms in total. The predicted molar refractivity (Wildman–Crippen MR) is 87.8 cm³/mol. The number of fused-ring (bicyclic) bond motifs is 1. The van der Waals surface area contributed by atoms with Gasteiger partial charge in [-0.15, -0.1) is 0 Å². The van der Waals surface area contributed by atoms with Gasteiger partial charge in [-0.3, -0.25) is 9.69 Å². The number of para-hydroxylation sites is 1. The fraction of sp³-hybridized carbons (Fsp3) is 0.500. The van der Waals surface area contributed by atoms with E-state index in [1.54, 1.807) is 0 Å². The molecule has 0 bridgehead atoms. The van der Waals surface area contributed by atoms with E-state index in [0.717, 1.165) is 40.8 Å². The minimum Gasteiger partial charge on any atom is -0.358 e. The topological polar surface area (TPSA) is 36.1 Å². The molecule has 1 aromatic heterocycles. The summed E-state index contributed by atoms with van der Waals surface area (Å²) in [5.41, 5.74) is 4.25. The molecule has 1 saturated heterocycles. The van der Waals surface area contributed by atoms with Crippen molar-refractivity contribution in [3.05, 3.63) is 45.2 Å². The van der Waals surface area contributed by atoms with Gasteiger partial charge in [0.05, 0.1) is 5.52 Å². The number of H-pyrrole nitrogens is 1. The Labute approximate surface area is 126 Å². The van der Waals surface area contributed by atoms with Crippen LogP contribution in [-0.2, 0) is 6.54 Å². The number of rotatable bonds is 2. The van der Waals surface area contributed by atoms with Gasteiger partial charge in [0.25, 0.3) is 0 Å². The van der Waals surface area contributed by atoms with Crippen molar-refractivity contribution in [2.24, 2.45) is 0 Å². The number of aryl methyl sites for hydroxylation is 2. The van der Waals surface area contributed by atoms with Crippen LogP contribution in [0.2, 0.25) is 0 Å². The van der Waals surface area contributed by atoms with Crippen LogP contribution in [-0.4, -0.2) is 22.5 Å². The van der Waals surface area contributed by atoms with Crippen molar-refractivity contribution in [2.45, 2.75) is 52.6 Å². The molecular formula is C18H24N2O. The number of benzene rings is 1. The smallest absolute Gasteiger partial charge is 0.194 e. The van der Waals surface area contributed by atoms with Gasteiger partial charge in [0.2, 0.25) is 0 Å². The molecule has 0 aliphatic carbocycles. The summed E-state index contributed by atoms with van der Waals surface area (Å²) in [6.07, 6.45) is 3.79. The molecule has 0 radical (unpaired) electrons. The third-order valence-electron chi connectivity index (χ3n) is 4.86. The van der Waals surface area contributed by atoms with Crippen molar-refractivity contribution in [3.8, 4) is 0 Å². The van der Waals surface area contributed by atoms with E-state index in [0.29, 0.717) is 6.04 Å². The number of nitrogens with one attached hydrogen (secondary N) is 1. The van der Waals surface area contributed by atoms with Crippen LogP contribution < -0.4 is 5.43 Å². The SMILES string of the molecule is Cc1[nH]c2c(C)cccc2c(=O)c1CN1CCCC[C@H]1C. The minimum absolute atomic E-state index is 0.197.